The molecule has 78 valence electrons. The zero-order chi connectivity index (χ0) is 10.2. The highest BCUT2D eigenvalue weighted by Gasteiger charge is 2.09. The van der Waals surface area contributed by atoms with Crippen LogP contribution in [0.2, 0.25) is 0 Å². The van der Waals surface area contributed by atoms with Crippen molar-refractivity contribution in [1.29, 1.82) is 0 Å². The maximum atomic E-state index is 8.73. The molecule has 0 unspecified atom stereocenters. The lowest BCUT2D eigenvalue weighted by Gasteiger charge is -1.91. The van der Waals surface area contributed by atoms with Crippen LogP contribution in [0.3, 0.4) is 0 Å². The van der Waals surface area contributed by atoms with Crippen molar-refractivity contribution in [3.8, 4) is 0 Å². The maximum absolute atomic E-state index is 8.73. The van der Waals surface area contributed by atoms with Crippen molar-refractivity contribution in [2.45, 2.75) is 38.4 Å². The molecular formula is C12H18O2. The second-order valence-corrected chi connectivity index (χ2v) is 3.58. The Bertz CT molecular complexity index is 227. The molecule has 0 radical (unpaired) electrons. The van der Waals surface area contributed by atoms with Crippen molar-refractivity contribution in [2.24, 2.45) is 0 Å². The van der Waals surface area contributed by atoms with E-state index in [9.17, 15) is 0 Å². The number of benzene rings is 1. The minimum absolute atomic E-state index is 0.0463. The molecule has 0 heterocycles. The molecule has 1 aliphatic carbocycles. The molecule has 1 fully saturated rings. The van der Waals surface area contributed by atoms with Gasteiger partial charge in [0.15, 0.2) is 0 Å². The van der Waals surface area contributed by atoms with Gasteiger partial charge in [-0.25, -0.2) is 0 Å². The summed E-state index contributed by atoms with van der Waals surface area (Å²) in [7, 11) is 0. The van der Waals surface area contributed by atoms with Crippen LogP contribution in [0.25, 0.3) is 0 Å². The van der Waals surface area contributed by atoms with Crippen LogP contribution in [0.15, 0.2) is 30.3 Å². The maximum Gasteiger partial charge on any atom is 0.0681 e. The second-order valence-electron chi connectivity index (χ2n) is 3.58. The van der Waals surface area contributed by atoms with Crippen molar-refractivity contribution < 1.29 is 10.2 Å². The van der Waals surface area contributed by atoms with Gasteiger partial charge < -0.3 is 10.2 Å². The number of hydrogen-bond acceptors (Lipinski definition) is 2. The van der Waals surface area contributed by atoms with Gasteiger partial charge in [0.1, 0.15) is 0 Å². The first-order valence-corrected chi connectivity index (χ1v) is 5.16. The molecule has 0 aromatic heterocycles. The summed E-state index contributed by atoms with van der Waals surface area (Å²) in [4.78, 5) is 0. The Morgan fingerprint density at radius 2 is 1.64 bits per heavy atom. The van der Waals surface area contributed by atoms with Gasteiger partial charge in [-0.15, -0.1) is 0 Å². The van der Waals surface area contributed by atoms with E-state index in [0.717, 1.165) is 18.4 Å². The van der Waals surface area contributed by atoms with Crippen molar-refractivity contribution in [2.75, 3.05) is 0 Å². The van der Waals surface area contributed by atoms with Crippen molar-refractivity contribution in [3.05, 3.63) is 35.9 Å². The normalized spacial score (nSPS) is 16.1. The number of aliphatic hydroxyl groups is 2. The molecular weight excluding hydrogens is 176 g/mol. The van der Waals surface area contributed by atoms with Crippen LogP contribution in [-0.2, 0) is 6.61 Å². The first-order chi connectivity index (χ1) is 6.83. The molecule has 0 atom stereocenters. The highest BCUT2D eigenvalue weighted by molar-refractivity contribution is 5.12. The molecule has 1 aromatic rings. The fourth-order valence-corrected chi connectivity index (χ4v) is 1.49. The Morgan fingerprint density at radius 1 is 1.07 bits per heavy atom. The summed E-state index contributed by atoms with van der Waals surface area (Å²) in [6.07, 6.45) is 4.60. The minimum atomic E-state index is 0.0463. The zero-order valence-corrected chi connectivity index (χ0v) is 8.39. The van der Waals surface area contributed by atoms with Crippen LogP contribution in [0.1, 0.15) is 31.2 Å². The molecule has 2 heteroatoms. The molecule has 0 amide bonds. The summed E-state index contributed by atoms with van der Waals surface area (Å²) < 4.78 is 0. The summed E-state index contributed by atoms with van der Waals surface area (Å²) in [5.74, 6) is 0. The van der Waals surface area contributed by atoms with E-state index in [1.165, 1.54) is 12.8 Å². The van der Waals surface area contributed by atoms with E-state index in [-0.39, 0.29) is 12.7 Å². The minimum Gasteiger partial charge on any atom is -0.393 e. The predicted octanol–water partition coefficient (Wildman–Crippen LogP) is 2.10. The zero-order valence-electron chi connectivity index (χ0n) is 8.39. The molecule has 0 saturated heterocycles. The third-order valence-corrected chi connectivity index (χ3v) is 2.35. The fourth-order valence-electron chi connectivity index (χ4n) is 1.49. The van der Waals surface area contributed by atoms with E-state index < -0.39 is 0 Å². The van der Waals surface area contributed by atoms with Crippen LogP contribution in [0.5, 0.6) is 0 Å². The fraction of sp³-hybridized carbons (Fsp3) is 0.500. The molecule has 0 aliphatic heterocycles. The average molecular weight is 194 g/mol. The van der Waals surface area contributed by atoms with Gasteiger partial charge in [-0.1, -0.05) is 43.2 Å². The highest BCUT2D eigenvalue weighted by Crippen LogP contribution is 2.16. The summed E-state index contributed by atoms with van der Waals surface area (Å²) >= 11 is 0. The highest BCUT2D eigenvalue weighted by atomic mass is 16.3. The molecule has 2 rings (SSSR count). The Hall–Kier alpha value is -0.860. The van der Waals surface area contributed by atoms with Crippen molar-refractivity contribution >= 4 is 0 Å². The molecule has 0 spiro atoms. The summed E-state index contributed by atoms with van der Waals surface area (Å²) in [6.45, 7) is 0.140. The van der Waals surface area contributed by atoms with Gasteiger partial charge in [-0.05, 0) is 18.4 Å². The lowest BCUT2D eigenvalue weighted by atomic mass is 10.2. The van der Waals surface area contributed by atoms with Gasteiger partial charge in [0.05, 0.1) is 12.7 Å². The molecule has 2 N–H and O–H groups in total. The van der Waals surface area contributed by atoms with Gasteiger partial charge in [-0.2, -0.15) is 0 Å². The topological polar surface area (TPSA) is 40.5 Å². The molecule has 14 heavy (non-hydrogen) atoms. The second kappa shape index (κ2) is 6.57. The molecule has 2 nitrogen and oxygen atoms in total. The van der Waals surface area contributed by atoms with Gasteiger partial charge in [0, 0.05) is 0 Å². The first-order valence-electron chi connectivity index (χ1n) is 5.16. The van der Waals surface area contributed by atoms with Gasteiger partial charge in [0.25, 0.3) is 0 Å². The summed E-state index contributed by atoms with van der Waals surface area (Å²) in [6, 6.07) is 9.52. The summed E-state index contributed by atoms with van der Waals surface area (Å²) in [5.41, 5.74) is 0.965. The molecule has 0 bridgehead atoms. The van der Waals surface area contributed by atoms with E-state index in [2.05, 4.69) is 0 Å². The SMILES string of the molecule is OC1CCCC1.OCc1ccccc1. The smallest absolute Gasteiger partial charge is 0.0681 e. The monoisotopic (exact) mass is 194 g/mol. The van der Waals surface area contributed by atoms with Crippen LogP contribution in [0, 0.1) is 0 Å². The van der Waals surface area contributed by atoms with E-state index in [4.69, 9.17) is 10.2 Å². The number of rotatable bonds is 1. The van der Waals surface area contributed by atoms with E-state index in [0.29, 0.717) is 0 Å². The lowest BCUT2D eigenvalue weighted by Crippen LogP contribution is -1.94. The van der Waals surface area contributed by atoms with Crippen molar-refractivity contribution in [3.63, 3.8) is 0 Å². The molecule has 1 aromatic carbocycles. The van der Waals surface area contributed by atoms with Crippen LogP contribution < -0.4 is 0 Å². The Balaban J connectivity index is 0.000000146. The average Bonchev–Trinajstić information content (AvgIpc) is 2.71. The first kappa shape index (κ1) is 11.2. The quantitative estimate of drug-likeness (QED) is 0.718. The van der Waals surface area contributed by atoms with Gasteiger partial charge in [0.2, 0.25) is 0 Å². The van der Waals surface area contributed by atoms with Gasteiger partial charge in [-0.3, -0.25) is 0 Å². The van der Waals surface area contributed by atoms with E-state index in [1.807, 2.05) is 30.3 Å². The van der Waals surface area contributed by atoms with E-state index >= 15 is 0 Å². The number of hydrogen-bond donors (Lipinski definition) is 2. The third-order valence-electron chi connectivity index (χ3n) is 2.35. The third kappa shape index (κ3) is 4.40. The number of aliphatic hydroxyl groups excluding tert-OH is 2. The molecule has 1 saturated carbocycles. The Kier molecular flexibility index (Phi) is 5.27. The summed E-state index contributed by atoms with van der Waals surface area (Å²) in [5, 5.41) is 17.3. The largest absolute Gasteiger partial charge is 0.393 e. The van der Waals surface area contributed by atoms with Crippen LogP contribution in [0.4, 0.5) is 0 Å². The Labute approximate surface area is 85.2 Å². The molecule has 1 aliphatic rings. The lowest BCUT2D eigenvalue weighted by molar-refractivity contribution is 0.183. The van der Waals surface area contributed by atoms with Crippen molar-refractivity contribution in [1.82, 2.24) is 0 Å². The Morgan fingerprint density at radius 3 is 1.93 bits per heavy atom. The van der Waals surface area contributed by atoms with Gasteiger partial charge >= 0.3 is 0 Å². The predicted molar refractivity (Wildman–Crippen MR) is 56.8 cm³/mol. The van der Waals surface area contributed by atoms with E-state index in [1.54, 1.807) is 0 Å². The van der Waals surface area contributed by atoms with Crippen LogP contribution in [-0.4, -0.2) is 16.3 Å². The van der Waals surface area contributed by atoms with Crippen LogP contribution >= 0.6 is 0 Å². The standard InChI is InChI=1S/C7H8O.C5H10O/c8-6-7-4-2-1-3-5-7;6-5-3-1-2-4-5/h1-5,8H,6H2;5-6H,1-4H2.